The number of H-pyrrole nitrogens is 1. The number of aromatic amines is 1. The highest BCUT2D eigenvalue weighted by atomic mass is 16.3. The number of guanidine groups is 1. The van der Waals surface area contributed by atoms with Crippen molar-refractivity contribution in [3.05, 3.63) is 29.9 Å². The van der Waals surface area contributed by atoms with Crippen molar-refractivity contribution in [3.8, 4) is 0 Å². The van der Waals surface area contributed by atoms with Crippen LogP contribution in [0.5, 0.6) is 0 Å². The number of nitrogens with one attached hydrogen (secondary N) is 7. The van der Waals surface area contributed by atoms with Crippen LogP contribution in [-0.4, -0.2) is 173 Å². The van der Waals surface area contributed by atoms with Gasteiger partial charge >= 0.3 is 0 Å². The van der Waals surface area contributed by atoms with E-state index < -0.39 is 115 Å². The highest BCUT2D eigenvalue weighted by Gasteiger charge is 2.39. The lowest BCUT2D eigenvalue weighted by Crippen LogP contribution is -2.60. The number of primary amides is 1. The Morgan fingerprint density at radius 2 is 1.48 bits per heavy atom. The highest BCUT2D eigenvalue weighted by molar-refractivity contribution is 5.98. The lowest BCUT2D eigenvalue weighted by molar-refractivity contribution is -0.142. The molecule has 1 aliphatic heterocycles. The fourth-order valence-corrected chi connectivity index (χ4v) is 7.75. The maximum absolute atomic E-state index is 14.2. The van der Waals surface area contributed by atoms with Gasteiger partial charge in [0.15, 0.2) is 11.7 Å². The van der Waals surface area contributed by atoms with E-state index >= 15 is 0 Å². The molecule has 2 heterocycles. The van der Waals surface area contributed by atoms with Gasteiger partial charge < -0.3 is 92.8 Å². The van der Waals surface area contributed by atoms with Crippen molar-refractivity contribution < 1.29 is 48.3 Å². The highest BCUT2D eigenvalue weighted by Crippen LogP contribution is 2.21. The molecule has 8 atom stereocenters. The van der Waals surface area contributed by atoms with Crippen LogP contribution in [0.4, 0.5) is 0 Å². The minimum atomic E-state index is -1.55. The van der Waals surface area contributed by atoms with Crippen LogP contribution in [0, 0.1) is 0 Å². The smallest absolute Gasteiger partial charge is 0.245 e. The molecule has 0 aromatic carbocycles. The molecule has 0 aliphatic carbocycles. The summed E-state index contributed by atoms with van der Waals surface area (Å²) in [5.41, 5.74) is 45.4. The Hall–Kier alpha value is -6.59. The molecular formula is C45H80N18O10. The third-order valence-electron chi connectivity index (χ3n) is 11.9. The summed E-state index contributed by atoms with van der Waals surface area (Å²) >= 11 is 0. The number of ketones is 1. The third-order valence-corrected chi connectivity index (χ3v) is 11.9. The topological polar surface area (TPSA) is 498 Å². The monoisotopic (exact) mass is 1030 g/mol. The molecule has 0 saturated carbocycles. The standard InChI is InChI=1S/C45H80N18O10/c1-26(58-43(72)37(35(65)22-49)62-40(69)29(50)10-2-4-16-46)39(68)56-24-36(66)59-31(12-6-18-48)44(73)63-20-8-13-33(63)42(71)61-32(21-28-23-54-25-57-28)41(70)60-30(11-3-5-17-47)34(64)15-14-27(38(51)67)9-7-19-55-45(52)53/h9,23,25-26,29-33,35,37,65H,2-8,10-22,24,46-50H2,1H3,(H2,51,67)(H,54,57)(H,56,68)(H,58,72)(H,59,66)(H,60,70)(H,61,71)(H,62,69)(H4,52,53,55)/b27-9+/t26-,29-,30-,31+,32-,33-,35-,37-/m0/s1. The Labute approximate surface area is 424 Å². The van der Waals surface area contributed by atoms with Crippen molar-refractivity contribution in [2.45, 2.75) is 145 Å². The van der Waals surface area contributed by atoms with E-state index in [4.69, 9.17) is 45.9 Å². The zero-order chi connectivity index (χ0) is 54.5. The lowest BCUT2D eigenvalue weighted by Gasteiger charge is -2.30. The van der Waals surface area contributed by atoms with Crippen LogP contribution in [0.25, 0.3) is 0 Å². The summed E-state index contributed by atoms with van der Waals surface area (Å²) in [6.45, 7) is 1.48. The van der Waals surface area contributed by atoms with Crippen LogP contribution in [0.3, 0.4) is 0 Å². The molecule has 1 aliphatic rings. The van der Waals surface area contributed by atoms with E-state index in [1.165, 1.54) is 24.3 Å². The summed E-state index contributed by atoms with van der Waals surface area (Å²) in [6.07, 6.45) is 6.59. The van der Waals surface area contributed by atoms with Gasteiger partial charge in [0.05, 0.1) is 31.1 Å². The minimum absolute atomic E-state index is 0.0151. The Morgan fingerprint density at radius 1 is 0.808 bits per heavy atom. The number of hydrogen-bond donors (Lipinski definition) is 16. The number of carbonyl (C=O) groups is 9. The van der Waals surface area contributed by atoms with E-state index in [1.54, 1.807) is 6.08 Å². The van der Waals surface area contributed by atoms with Crippen LogP contribution in [0.2, 0.25) is 0 Å². The SMILES string of the molecule is C[C@H](NC(=O)[C@@H](NC(=O)[C@@H](N)CCCCN)[C@@H](O)CN)C(=O)NCC(=O)N[C@H](CCCN)C(=O)N1CCC[C@H]1C(=O)N[C@@H](Cc1cnc[nH]1)C(=O)N[C@@H](CCCCN)C(=O)CC/C(=C\CCN=C(N)N)C(N)=O. The summed E-state index contributed by atoms with van der Waals surface area (Å²) in [4.78, 5) is 132. The van der Waals surface area contributed by atoms with E-state index in [0.29, 0.717) is 57.3 Å². The van der Waals surface area contributed by atoms with Crippen molar-refractivity contribution in [2.24, 2.45) is 50.9 Å². The molecule has 0 radical (unpaired) electrons. The van der Waals surface area contributed by atoms with Crippen molar-refractivity contribution in [1.82, 2.24) is 46.8 Å². The molecule has 24 N–H and O–H groups in total. The second-order valence-electron chi connectivity index (χ2n) is 17.7. The molecule has 73 heavy (non-hydrogen) atoms. The van der Waals surface area contributed by atoms with Gasteiger partial charge in [0, 0.05) is 49.9 Å². The number of carbonyl (C=O) groups excluding carboxylic acids is 9. The number of aliphatic imine (C=N–C) groups is 1. The molecule has 1 aromatic heterocycles. The van der Waals surface area contributed by atoms with E-state index in [-0.39, 0.29) is 82.5 Å². The van der Waals surface area contributed by atoms with Gasteiger partial charge in [0.1, 0.15) is 30.2 Å². The Balaban J connectivity index is 2.18. The van der Waals surface area contributed by atoms with Crippen molar-refractivity contribution >= 4 is 59.0 Å². The molecule has 0 spiro atoms. The molecule has 1 saturated heterocycles. The zero-order valence-corrected chi connectivity index (χ0v) is 41.8. The van der Waals surface area contributed by atoms with E-state index in [9.17, 15) is 48.3 Å². The number of aliphatic hydroxyl groups excluding tert-OH is 1. The molecular weight excluding hydrogens is 953 g/mol. The molecule has 1 fully saturated rings. The zero-order valence-electron chi connectivity index (χ0n) is 41.8. The second kappa shape index (κ2) is 33.9. The summed E-state index contributed by atoms with van der Waals surface area (Å²) in [5, 5.41) is 25.7. The van der Waals surface area contributed by atoms with E-state index in [1.807, 2.05) is 0 Å². The number of hydrogen-bond acceptors (Lipinski definition) is 17. The first-order valence-corrected chi connectivity index (χ1v) is 24.6. The van der Waals surface area contributed by atoms with Crippen LogP contribution in [0.15, 0.2) is 29.2 Å². The maximum atomic E-state index is 14.2. The van der Waals surface area contributed by atoms with Crippen molar-refractivity contribution in [2.75, 3.05) is 45.8 Å². The van der Waals surface area contributed by atoms with Gasteiger partial charge in [-0.25, -0.2) is 4.98 Å². The Morgan fingerprint density at radius 3 is 2.10 bits per heavy atom. The summed E-state index contributed by atoms with van der Waals surface area (Å²) in [5.74, 6) is -6.50. The molecule has 2 rings (SSSR count). The number of imidazole rings is 1. The molecule has 28 nitrogen and oxygen atoms in total. The number of rotatable bonds is 36. The fourth-order valence-electron chi connectivity index (χ4n) is 7.75. The molecule has 1 aromatic rings. The van der Waals surface area contributed by atoms with Gasteiger partial charge in [-0.2, -0.15) is 0 Å². The van der Waals surface area contributed by atoms with E-state index in [0.717, 1.165) is 0 Å². The van der Waals surface area contributed by atoms with Gasteiger partial charge in [0.25, 0.3) is 0 Å². The van der Waals surface area contributed by atoms with Gasteiger partial charge in [-0.05, 0) is 97.2 Å². The quantitative estimate of drug-likeness (QED) is 0.0129. The lowest BCUT2D eigenvalue weighted by atomic mass is 9.98. The number of unbranched alkanes of at least 4 members (excludes halogenated alkanes) is 2. The fraction of sp³-hybridized carbons (Fsp3) is 0.667. The Bertz CT molecular complexity index is 2020. The number of Topliss-reactive ketones (excluding diaryl/α,β-unsaturated/α-hetero) is 1. The molecule has 8 amide bonds. The summed E-state index contributed by atoms with van der Waals surface area (Å²) in [6, 6.07) is -8.37. The number of aromatic nitrogens is 2. The van der Waals surface area contributed by atoms with Crippen LogP contribution < -0.4 is 77.8 Å². The van der Waals surface area contributed by atoms with Gasteiger partial charge in [-0.15, -0.1) is 0 Å². The number of nitrogens with zero attached hydrogens (tertiary/aromatic N) is 3. The predicted octanol–water partition coefficient (Wildman–Crippen LogP) is -6.43. The summed E-state index contributed by atoms with van der Waals surface area (Å²) in [7, 11) is 0. The molecule has 0 unspecified atom stereocenters. The Kier molecular flexibility index (Phi) is 29.1. The van der Waals surface area contributed by atoms with Crippen molar-refractivity contribution in [1.29, 1.82) is 0 Å². The van der Waals surface area contributed by atoms with Gasteiger partial charge in [-0.1, -0.05) is 12.5 Å². The number of amides is 8. The average molecular weight is 1030 g/mol. The van der Waals surface area contributed by atoms with Crippen LogP contribution in [-0.2, 0) is 49.6 Å². The first-order chi connectivity index (χ1) is 34.8. The van der Waals surface area contributed by atoms with Crippen LogP contribution in [0.1, 0.15) is 96.1 Å². The average Bonchev–Trinajstić information content (AvgIpc) is 4.08. The molecule has 0 bridgehead atoms. The van der Waals surface area contributed by atoms with Crippen LogP contribution >= 0.6 is 0 Å². The molecule has 410 valence electrons. The first kappa shape index (κ1) is 62.5. The number of aliphatic hydroxyl groups is 1. The predicted molar refractivity (Wildman–Crippen MR) is 269 cm³/mol. The third kappa shape index (κ3) is 22.8. The summed E-state index contributed by atoms with van der Waals surface area (Å²) < 4.78 is 0. The van der Waals surface area contributed by atoms with Gasteiger partial charge in [0.2, 0.25) is 47.3 Å². The van der Waals surface area contributed by atoms with E-state index in [2.05, 4.69) is 46.9 Å². The largest absolute Gasteiger partial charge is 0.389 e. The van der Waals surface area contributed by atoms with Gasteiger partial charge in [-0.3, -0.25) is 48.1 Å². The normalized spacial score (nSPS) is 16.3. The first-order valence-electron chi connectivity index (χ1n) is 24.6. The number of nitrogens with two attached hydrogens (primary N) is 8. The second-order valence-corrected chi connectivity index (χ2v) is 17.7. The molecule has 28 heteroatoms. The maximum Gasteiger partial charge on any atom is 0.245 e. The minimum Gasteiger partial charge on any atom is -0.389 e. The number of likely N-dealkylation sites (tertiary alicyclic amines) is 1. The van der Waals surface area contributed by atoms with Crippen molar-refractivity contribution in [3.63, 3.8) is 0 Å².